The maximum Gasteiger partial charge on any atom is 0.303 e. The average molecular weight is 316 g/mol. The molecule has 0 heterocycles. The van der Waals surface area contributed by atoms with Gasteiger partial charge in [-0.25, -0.2) is 0 Å². The summed E-state index contributed by atoms with van der Waals surface area (Å²) in [6, 6.07) is 0. The van der Waals surface area contributed by atoms with E-state index in [1.165, 1.54) is 12.8 Å². The molecule has 0 unspecified atom stereocenters. The van der Waals surface area contributed by atoms with Crippen LogP contribution in [0.3, 0.4) is 0 Å². The third kappa shape index (κ3) is 14.3. The summed E-state index contributed by atoms with van der Waals surface area (Å²) in [6.45, 7) is 2.13. The Morgan fingerprint density at radius 1 is 0.727 bits per heavy atom. The third-order valence-corrected chi connectivity index (χ3v) is 4.19. The molecule has 132 valence electrons. The normalized spacial score (nSPS) is 14.0. The smallest absolute Gasteiger partial charge is 0.303 e. The van der Waals surface area contributed by atoms with Gasteiger partial charge in [0.15, 0.2) is 0 Å². The molecule has 0 fully saturated rings. The molecule has 22 heavy (non-hydrogen) atoms. The Hall–Kier alpha value is -0.610. The van der Waals surface area contributed by atoms with Gasteiger partial charge in [0.1, 0.15) is 0 Å². The zero-order chi connectivity index (χ0) is 16.6. The number of aliphatic hydroxyl groups excluding tert-OH is 2. The summed E-state index contributed by atoms with van der Waals surface area (Å²) >= 11 is 0. The average Bonchev–Trinajstić information content (AvgIpc) is 2.48. The van der Waals surface area contributed by atoms with Crippen molar-refractivity contribution in [1.82, 2.24) is 0 Å². The van der Waals surface area contributed by atoms with Gasteiger partial charge in [-0.15, -0.1) is 0 Å². The number of carboxylic acid groups (broad SMARTS) is 1. The predicted molar refractivity (Wildman–Crippen MR) is 90.0 cm³/mol. The van der Waals surface area contributed by atoms with E-state index < -0.39 is 18.2 Å². The van der Waals surface area contributed by atoms with E-state index in [0.29, 0.717) is 19.3 Å². The van der Waals surface area contributed by atoms with Crippen LogP contribution in [0.4, 0.5) is 0 Å². The van der Waals surface area contributed by atoms with Crippen LogP contribution in [-0.2, 0) is 4.79 Å². The highest BCUT2D eigenvalue weighted by Gasteiger charge is 2.14. The van der Waals surface area contributed by atoms with E-state index in [9.17, 15) is 15.0 Å². The van der Waals surface area contributed by atoms with E-state index in [-0.39, 0.29) is 0 Å². The molecule has 0 saturated heterocycles. The molecule has 0 aromatic heterocycles. The first-order valence-electron chi connectivity index (χ1n) is 9.15. The Labute approximate surface area is 135 Å². The molecule has 0 aliphatic carbocycles. The van der Waals surface area contributed by atoms with Gasteiger partial charge < -0.3 is 15.3 Å². The van der Waals surface area contributed by atoms with Crippen molar-refractivity contribution < 1.29 is 20.1 Å². The lowest BCUT2D eigenvalue weighted by Gasteiger charge is -2.17. The fourth-order valence-electron chi connectivity index (χ4n) is 2.68. The van der Waals surface area contributed by atoms with Crippen molar-refractivity contribution in [3.63, 3.8) is 0 Å². The first-order chi connectivity index (χ1) is 10.6. The van der Waals surface area contributed by atoms with Crippen molar-refractivity contribution in [2.45, 2.75) is 109 Å². The second kappa shape index (κ2) is 15.3. The van der Waals surface area contributed by atoms with Gasteiger partial charge in [0, 0.05) is 6.42 Å². The quantitative estimate of drug-likeness (QED) is 0.371. The maximum absolute atomic E-state index is 10.3. The molecule has 0 saturated carbocycles. The topological polar surface area (TPSA) is 77.8 Å². The molecule has 0 bridgehead atoms. The number of unbranched alkanes of at least 4 members (excludes halogenated alkanes) is 9. The first kappa shape index (κ1) is 21.4. The van der Waals surface area contributed by atoms with E-state index in [4.69, 9.17) is 5.11 Å². The third-order valence-electron chi connectivity index (χ3n) is 4.19. The second-order valence-corrected chi connectivity index (χ2v) is 6.39. The van der Waals surface area contributed by atoms with Gasteiger partial charge in [-0.3, -0.25) is 4.79 Å². The monoisotopic (exact) mass is 316 g/mol. The molecule has 0 aromatic carbocycles. The Kier molecular flexibility index (Phi) is 14.9. The minimum atomic E-state index is -0.699. The van der Waals surface area contributed by atoms with Gasteiger partial charge in [0.25, 0.3) is 0 Å². The van der Waals surface area contributed by atoms with Gasteiger partial charge >= 0.3 is 5.97 Å². The van der Waals surface area contributed by atoms with Crippen molar-refractivity contribution in [2.24, 2.45) is 0 Å². The summed E-state index contributed by atoms with van der Waals surface area (Å²) in [7, 11) is 0. The largest absolute Gasteiger partial charge is 0.481 e. The molecular formula is C18H36O4. The summed E-state index contributed by atoms with van der Waals surface area (Å²) in [6.07, 6.45) is 12.4. The minimum absolute atomic E-state index is 0.290. The zero-order valence-corrected chi connectivity index (χ0v) is 14.3. The Morgan fingerprint density at radius 3 is 1.59 bits per heavy atom. The lowest BCUT2D eigenvalue weighted by atomic mass is 10.00. The van der Waals surface area contributed by atoms with Gasteiger partial charge in [0.2, 0.25) is 0 Å². The Bertz CT molecular complexity index is 255. The van der Waals surface area contributed by atoms with Crippen LogP contribution in [0.5, 0.6) is 0 Å². The Balaban J connectivity index is 3.29. The van der Waals surface area contributed by atoms with E-state index in [0.717, 1.165) is 57.8 Å². The van der Waals surface area contributed by atoms with E-state index in [1.807, 2.05) is 0 Å². The van der Waals surface area contributed by atoms with Crippen molar-refractivity contribution in [1.29, 1.82) is 0 Å². The molecular weight excluding hydrogens is 280 g/mol. The Morgan fingerprint density at radius 2 is 1.14 bits per heavy atom. The van der Waals surface area contributed by atoms with E-state index >= 15 is 0 Å². The lowest BCUT2D eigenvalue weighted by Crippen LogP contribution is -2.25. The van der Waals surface area contributed by atoms with E-state index in [2.05, 4.69) is 6.92 Å². The number of hydrogen-bond acceptors (Lipinski definition) is 3. The highest BCUT2D eigenvalue weighted by atomic mass is 16.4. The summed E-state index contributed by atoms with van der Waals surface area (Å²) in [5, 5.41) is 28.2. The number of hydrogen-bond donors (Lipinski definition) is 3. The molecule has 0 amide bonds. The predicted octanol–water partition coefficient (Wildman–Crippen LogP) is 4.27. The molecule has 4 nitrogen and oxygen atoms in total. The molecule has 0 radical (unpaired) electrons. The summed E-state index contributed by atoms with van der Waals surface area (Å²) in [5.74, 6) is -0.699. The lowest BCUT2D eigenvalue weighted by molar-refractivity contribution is -0.137. The SMILES string of the molecule is CCCCC[C@H](O)[C@@H](O)CCCCCCCCCCC(=O)O. The van der Waals surface area contributed by atoms with Crippen LogP contribution in [0.2, 0.25) is 0 Å². The van der Waals surface area contributed by atoms with Crippen LogP contribution in [0, 0.1) is 0 Å². The highest BCUT2D eigenvalue weighted by Crippen LogP contribution is 2.14. The van der Waals surface area contributed by atoms with Gasteiger partial charge in [-0.1, -0.05) is 71.1 Å². The number of aliphatic carboxylic acids is 1. The molecule has 4 heteroatoms. The highest BCUT2D eigenvalue weighted by molar-refractivity contribution is 5.66. The van der Waals surface area contributed by atoms with E-state index in [1.54, 1.807) is 0 Å². The summed E-state index contributed by atoms with van der Waals surface area (Å²) in [4.78, 5) is 10.3. The first-order valence-corrected chi connectivity index (χ1v) is 9.15. The van der Waals surface area contributed by atoms with Crippen LogP contribution in [-0.4, -0.2) is 33.5 Å². The summed E-state index contributed by atoms with van der Waals surface area (Å²) in [5.41, 5.74) is 0. The van der Waals surface area contributed by atoms with Crippen molar-refractivity contribution in [3.05, 3.63) is 0 Å². The molecule has 3 N–H and O–H groups in total. The zero-order valence-electron chi connectivity index (χ0n) is 14.3. The second-order valence-electron chi connectivity index (χ2n) is 6.39. The van der Waals surface area contributed by atoms with Crippen LogP contribution in [0.25, 0.3) is 0 Å². The van der Waals surface area contributed by atoms with Crippen LogP contribution in [0.1, 0.15) is 96.8 Å². The molecule has 0 aromatic rings. The van der Waals surface area contributed by atoms with Crippen LogP contribution >= 0.6 is 0 Å². The number of carboxylic acids is 1. The molecule has 0 aliphatic rings. The standard InChI is InChI=1S/C18H36O4/c1-2-3-10-13-16(19)17(20)14-11-8-6-4-5-7-9-12-15-18(21)22/h16-17,19-20H,2-15H2,1H3,(H,21,22)/t16-,17-/m0/s1. The fourth-order valence-corrected chi connectivity index (χ4v) is 2.68. The molecule has 2 atom stereocenters. The van der Waals surface area contributed by atoms with Crippen molar-refractivity contribution >= 4 is 5.97 Å². The minimum Gasteiger partial charge on any atom is -0.481 e. The van der Waals surface area contributed by atoms with Crippen LogP contribution < -0.4 is 0 Å². The maximum atomic E-state index is 10.3. The number of rotatable bonds is 16. The van der Waals surface area contributed by atoms with Gasteiger partial charge in [-0.2, -0.15) is 0 Å². The molecule has 0 spiro atoms. The number of aliphatic hydroxyl groups is 2. The van der Waals surface area contributed by atoms with Crippen molar-refractivity contribution in [2.75, 3.05) is 0 Å². The molecule has 0 rings (SSSR count). The van der Waals surface area contributed by atoms with Crippen molar-refractivity contribution in [3.8, 4) is 0 Å². The van der Waals surface area contributed by atoms with Gasteiger partial charge in [0.05, 0.1) is 12.2 Å². The number of carbonyl (C=O) groups is 1. The fraction of sp³-hybridized carbons (Fsp3) is 0.944. The molecule has 0 aliphatic heterocycles. The summed E-state index contributed by atoms with van der Waals surface area (Å²) < 4.78 is 0. The van der Waals surface area contributed by atoms with Gasteiger partial charge in [-0.05, 0) is 19.3 Å². The van der Waals surface area contributed by atoms with Crippen LogP contribution in [0.15, 0.2) is 0 Å².